The molecule has 5 atom stereocenters. The average molecular weight is 521 g/mol. The number of amides is 1. The number of hydrogen-bond acceptors (Lipinski definition) is 8. The van der Waals surface area contributed by atoms with Gasteiger partial charge in [-0.1, -0.05) is 6.07 Å². The molecule has 1 saturated heterocycles. The summed E-state index contributed by atoms with van der Waals surface area (Å²) in [7, 11) is 3.87. The highest BCUT2D eigenvalue weighted by Gasteiger charge is 2.75. The van der Waals surface area contributed by atoms with Gasteiger partial charge in [0.05, 0.1) is 30.0 Å². The highest BCUT2D eigenvalue weighted by molar-refractivity contribution is 5.92. The Morgan fingerprint density at radius 3 is 2.68 bits per heavy atom. The van der Waals surface area contributed by atoms with Gasteiger partial charge in [-0.3, -0.25) is 19.3 Å². The zero-order chi connectivity index (χ0) is 26.8. The molecule has 200 valence electrons. The number of carbonyl (C=O) groups excluding carboxylic acids is 3. The lowest BCUT2D eigenvalue weighted by Crippen LogP contribution is -2.78. The zero-order valence-corrected chi connectivity index (χ0v) is 22.1. The summed E-state index contributed by atoms with van der Waals surface area (Å²) < 4.78 is 23.8. The molecule has 6 rings (SSSR count). The maximum Gasteiger partial charge on any atom is 0.308 e. The number of piperidine rings is 1. The van der Waals surface area contributed by atoms with Crippen LogP contribution in [0.5, 0.6) is 11.5 Å². The molecule has 2 aliphatic carbocycles. The summed E-state index contributed by atoms with van der Waals surface area (Å²) in [6, 6.07) is 5.25. The SMILES string of the molecule is CC(=O)Oc1ccc2c3c1OC1C(N(C)C(=O)/C=C/c4ccoc4)CC[C@@]4(OC(C)=O)[C@@H](C2)N(C)CC[C@]314. The lowest BCUT2D eigenvalue weighted by molar-refractivity contribution is -0.220. The highest BCUT2D eigenvalue weighted by atomic mass is 16.6. The first-order valence-electron chi connectivity index (χ1n) is 13.1. The van der Waals surface area contributed by atoms with Gasteiger partial charge in [-0.25, -0.2) is 0 Å². The lowest BCUT2D eigenvalue weighted by atomic mass is 9.48. The third kappa shape index (κ3) is 3.37. The molecule has 2 fully saturated rings. The number of esters is 2. The van der Waals surface area contributed by atoms with Crippen LogP contribution in [0.25, 0.3) is 6.08 Å². The molecule has 1 spiro atoms. The second-order valence-corrected chi connectivity index (χ2v) is 10.9. The molecular weight excluding hydrogens is 488 g/mol. The van der Waals surface area contributed by atoms with Crippen molar-refractivity contribution in [2.45, 2.75) is 68.7 Å². The molecule has 4 aliphatic rings. The maximum atomic E-state index is 13.3. The summed E-state index contributed by atoms with van der Waals surface area (Å²) in [4.78, 5) is 42.0. The van der Waals surface area contributed by atoms with Gasteiger partial charge in [0.2, 0.25) is 5.91 Å². The van der Waals surface area contributed by atoms with E-state index in [1.807, 2.05) is 6.07 Å². The summed E-state index contributed by atoms with van der Waals surface area (Å²) in [6.45, 7) is 3.61. The van der Waals surface area contributed by atoms with Gasteiger partial charge in [0, 0.05) is 38.1 Å². The van der Waals surface area contributed by atoms with E-state index < -0.39 is 23.1 Å². The number of nitrogens with zero attached hydrogens (tertiary/aromatic N) is 2. The van der Waals surface area contributed by atoms with E-state index in [1.54, 1.807) is 42.7 Å². The van der Waals surface area contributed by atoms with Crippen LogP contribution in [0.2, 0.25) is 0 Å². The number of ether oxygens (including phenoxy) is 3. The van der Waals surface area contributed by atoms with E-state index in [0.29, 0.717) is 37.2 Å². The van der Waals surface area contributed by atoms with E-state index in [0.717, 1.165) is 23.2 Å². The maximum absolute atomic E-state index is 13.3. The molecule has 0 radical (unpaired) electrons. The number of furan rings is 1. The van der Waals surface area contributed by atoms with Crippen molar-refractivity contribution in [3.8, 4) is 11.5 Å². The summed E-state index contributed by atoms with van der Waals surface area (Å²) in [5.74, 6) is -0.0328. The Labute approximate surface area is 221 Å². The fraction of sp³-hybridized carbons (Fsp3) is 0.483. The van der Waals surface area contributed by atoms with Gasteiger partial charge in [0.15, 0.2) is 11.5 Å². The molecular formula is C29H32N2O7. The van der Waals surface area contributed by atoms with Gasteiger partial charge in [-0.15, -0.1) is 0 Å². The van der Waals surface area contributed by atoms with Crippen molar-refractivity contribution in [3.05, 3.63) is 53.5 Å². The summed E-state index contributed by atoms with van der Waals surface area (Å²) in [5, 5.41) is 0. The molecule has 1 aromatic heterocycles. The van der Waals surface area contributed by atoms with Crippen molar-refractivity contribution in [2.75, 3.05) is 20.6 Å². The van der Waals surface area contributed by atoms with Crippen molar-refractivity contribution in [2.24, 2.45) is 0 Å². The number of rotatable bonds is 5. The van der Waals surface area contributed by atoms with E-state index in [9.17, 15) is 14.4 Å². The van der Waals surface area contributed by atoms with E-state index in [-0.39, 0.29) is 24.0 Å². The number of likely N-dealkylation sites (tertiary alicyclic amines) is 1. The van der Waals surface area contributed by atoms with E-state index in [4.69, 9.17) is 18.6 Å². The van der Waals surface area contributed by atoms with Crippen molar-refractivity contribution < 1.29 is 33.0 Å². The summed E-state index contributed by atoms with van der Waals surface area (Å²) >= 11 is 0. The fourth-order valence-corrected chi connectivity index (χ4v) is 7.60. The second kappa shape index (κ2) is 8.73. The zero-order valence-electron chi connectivity index (χ0n) is 22.1. The normalized spacial score (nSPS) is 30.9. The Kier molecular flexibility index (Phi) is 5.68. The minimum atomic E-state index is -0.823. The molecule has 38 heavy (non-hydrogen) atoms. The molecule has 2 bridgehead atoms. The average Bonchev–Trinajstić information content (AvgIpc) is 3.51. The van der Waals surface area contributed by atoms with Crippen LogP contribution < -0.4 is 9.47 Å². The Bertz CT molecular complexity index is 1330. The topological polar surface area (TPSA) is 98.5 Å². The van der Waals surface area contributed by atoms with Crippen LogP contribution in [0.3, 0.4) is 0 Å². The first-order chi connectivity index (χ1) is 18.2. The van der Waals surface area contributed by atoms with Gasteiger partial charge >= 0.3 is 11.9 Å². The lowest BCUT2D eigenvalue weighted by Gasteiger charge is -2.65. The minimum Gasteiger partial charge on any atom is -0.483 e. The van der Waals surface area contributed by atoms with Crippen LogP contribution in [0.1, 0.15) is 49.8 Å². The largest absolute Gasteiger partial charge is 0.483 e. The molecule has 1 saturated carbocycles. The molecule has 2 aliphatic heterocycles. The molecule has 9 nitrogen and oxygen atoms in total. The number of carbonyl (C=O) groups is 3. The van der Waals surface area contributed by atoms with Gasteiger partial charge in [-0.05, 0) is 63.0 Å². The highest BCUT2D eigenvalue weighted by Crippen LogP contribution is 2.67. The van der Waals surface area contributed by atoms with Gasteiger partial charge in [-0.2, -0.15) is 0 Å². The number of hydrogen-bond donors (Lipinski definition) is 0. The molecule has 2 unspecified atom stereocenters. The summed E-state index contributed by atoms with van der Waals surface area (Å²) in [5.41, 5.74) is 1.36. The van der Waals surface area contributed by atoms with Crippen LogP contribution in [0.15, 0.2) is 41.2 Å². The van der Waals surface area contributed by atoms with Crippen molar-refractivity contribution in [3.63, 3.8) is 0 Å². The number of likely N-dealkylation sites (N-methyl/N-ethyl adjacent to an activating group) is 2. The van der Waals surface area contributed by atoms with E-state index >= 15 is 0 Å². The molecule has 3 heterocycles. The van der Waals surface area contributed by atoms with Crippen molar-refractivity contribution in [1.82, 2.24) is 9.80 Å². The Morgan fingerprint density at radius 2 is 1.97 bits per heavy atom. The third-order valence-corrected chi connectivity index (χ3v) is 9.03. The Hall–Kier alpha value is -3.59. The monoisotopic (exact) mass is 520 g/mol. The van der Waals surface area contributed by atoms with Crippen molar-refractivity contribution in [1.29, 1.82) is 0 Å². The van der Waals surface area contributed by atoms with Gasteiger partial charge < -0.3 is 23.5 Å². The Morgan fingerprint density at radius 1 is 1.16 bits per heavy atom. The van der Waals surface area contributed by atoms with E-state index in [2.05, 4.69) is 11.9 Å². The molecule has 0 N–H and O–H groups in total. The van der Waals surface area contributed by atoms with Gasteiger partial charge in [0.25, 0.3) is 0 Å². The molecule has 1 amide bonds. The van der Waals surface area contributed by atoms with E-state index in [1.165, 1.54) is 19.9 Å². The smallest absolute Gasteiger partial charge is 0.308 e. The first-order valence-corrected chi connectivity index (χ1v) is 13.1. The van der Waals surface area contributed by atoms with Crippen LogP contribution in [-0.2, 0) is 31.0 Å². The molecule has 1 aromatic carbocycles. The standard InChI is InChI=1S/C29H32N2O7/c1-17(32)36-22-7-6-20-15-23-29(38-18(2)33)11-9-21(31(4)24(34)8-5-19-10-14-35-16-19)27-28(29,12-13-30(23)3)25(20)26(22)37-27/h5-8,10,14,16,21,23,27H,9,11-13,15H2,1-4H3/b8-5+/t21?,23-,27?,28+,29-/m1/s1. The van der Waals surface area contributed by atoms with Crippen LogP contribution in [-0.4, -0.2) is 72.1 Å². The van der Waals surface area contributed by atoms with Crippen LogP contribution in [0, 0.1) is 0 Å². The first kappa shape index (κ1) is 24.7. The van der Waals surface area contributed by atoms with Gasteiger partial charge in [0.1, 0.15) is 11.7 Å². The fourth-order valence-electron chi connectivity index (χ4n) is 7.60. The number of benzene rings is 1. The second-order valence-electron chi connectivity index (χ2n) is 10.9. The predicted molar refractivity (Wildman–Crippen MR) is 137 cm³/mol. The molecule has 2 aromatic rings. The van der Waals surface area contributed by atoms with Crippen LogP contribution in [0.4, 0.5) is 0 Å². The van der Waals surface area contributed by atoms with Crippen LogP contribution >= 0.6 is 0 Å². The predicted octanol–water partition coefficient (Wildman–Crippen LogP) is 3.10. The quantitative estimate of drug-likeness (QED) is 0.337. The molecule has 9 heteroatoms. The Balaban J connectivity index is 1.48. The summed E-state index contributed by atoms with van der Waals surface area (Å²) in [6.07, 6.45) is 8.48. The third-order valence-electron chi connectivity index (χ3n) is 9.03. The minimum absolute atomic E-state index is 0.0350. The van der Waals surface area contributed by atoms with Crippen molar-refractivity contribution >= 4 is 23.9 Å².